The molecular formula is C17H27ClN2O2. The van der Waals surface area contributed by atoms with Crippen molar-refractivity contribution >= 4 is 18.3 Å². The third-order valence-corrected chi connectivity index (χ3v) is 4.31. The summed E-state index contributed by atoms with van der Waals surface area (Å²) in [6.45, 7) is 1.93. The molecule has 0 radical (unpaired) electrons. The lowest BCUT2D eigenvalue weighted by Gasteiger charge is -2.31. The molecule has 1 fully saturated rings. The molecule has 4 nitrogen and oxygen atoms in total. The maximum absolute atomic E-state index is 12.2. The molecular weight excluding hydrogens is 300 g/mol. The van der Waals surface area contributed by atoms with Gasteiger partial charge in [0.1, 0.15) is 5.75 Å². The van der Waals surface area contributed by atoms with Crippen LogP contribution in [0.15, 0.2) is 24.3 Å². The number of methoxy groups -OCH3 is 1. The van der Waals surface area contributed by atoms with Gasteiger partial charge < -0.3 is 15.8 Å². The Kier molecular flexibility index (Phi) is 7.17. The first-order valence-corrected chi connectivity index (χ1v) is 7.77. The van der Waals surface area contributed by atoms with Crippen molar-refractivity contribution in [1.82, 2.24) is 5.32 Å². The van der Waals surface area contributed by atoms with Gasteiger partial charge in [0.25, 0.3) is 0 Å². The van der Waals surface area contributed by atoms with E-state index in [1.807, 2.05) is 19.1 Å². The van der Waals surface area contributed by atoms with Gasteiger partial charge in [-0.2, -0.15) is 0 Å². The molecule has 124 valence electrons. The highest BCUT2D eigenvalue weighted by molar-refractivity contribution is 5.85. The molecule has 1 aliphatic rings. The van der Waals surface area contributed by atoms with Gasteiger partial charge in [0.2, 0.25) is 5.91 Å². The van der Waals surface area contributed by atoms with Crippen LogP contribution in [0.2, 0.25) is 0 Å². The van der Waals surface area contributed by atoms with Gasteiger partial charge in [0.05, 0.1) is 12.6 Å². The Balaban J connectivity index is 0.00000242. The number of benzene rings is 1. The number of amides is 1. The summed E-state index contributed by atoms with van der Waals surface area (Å²) in [4.78, 5) is 12.2. The van der Waals surface area contributed by atoms with Crippen molar-refractivity contribution in [3.05, 3.63) is 29.8 Å². The minimum absolute atomic E-state index is 0. The van der Waals surface area contributed by atoms with Gasteiger partial charge in [-0.1, -0.05) is 25.0 Å². The van der Waals surface area contributed by atoms with Crippen LogP contribution in [0.3, 0.4) is 0 Å². The fraction of sp³-hybridized carbons (Fsp3) is 0.588. The van der Waals surface area contributed by atoms with Crippen LogP contribution >= 0.6 is 12.4 Å². The number of carbonyl (C=O) groups is 1. The summed E-state index contributed by atoms with van der Waals surface area (Å²) >= 11 is 0. The molecule has 0 heterocycles. The van der Waals surface area contributed by atoms with Crippen molar-refractivity contribution in [2.75, 3.05) is 7.11 Å². The number of nitrogens with one attached hydrogen (secondary N) is 1. The van der Waals surface area contributed by atoms with Crippen molar-refractivity contribution in [2.24, 2.45) is 5.73 Å². The zero-order valence-corrected chi connectivity index (χ0v) is 14.2. The van der Waals surface area contributed by atoms with E-state index >= 15 is 0 Å². The number of rotatable bonds is 6. The Morgan fingerprint density at radius 3 is 2.41 bits per heavy atom. The third kappa shape index (κ3) is 4.62. The second kappa shape index (κ2) is 8.39. The standard InChI is InChI=1S/C17H26N2O2.ClH/c1-13(18)5-10-16(20)19-17(11-3-4-12-17)14-6-8-15(21-2)9-7-14;/h6-9,13H,3-5,10-12,18H2,1-2H3,(H,19,20);1H. The van der Waals surface area contributed by atoms with Crippen LogP contribution < -0.4 is 15.8 Å². The molecule has 1 saturated carbocycles. The number of hydrogen-bond acceptors (Lipinski definition) is 3. The first-order valence-electron chi connectivity index (χ1n) is 7.77. The maximum atomic E-state index is 12.2. The molecule has 0 spiro atoms. The molecule has 22 heavy (non-hydrogen) atoms. The smallest absolute Gasteiger partial charge is 0.220 e. The van der Waals surface area contributed by atoms with E-state index in [0.29, 0.717) is 6.42 Å². The second-order valence-electron chi connectivity index (χ2n) is 6.08. The normalized spacial score (nSPS) is 17.4. The van der Waals surface area contributed by atoms with Gasteiger partial charge in [0, 0.05) is 12.5 Å². The molecule has 0 saturated heterocycles. The summed E-state index contributed by atoms with van der Waals surface area (Å²) in [5, 5.41) is 3.27. The first-order chi connectivity index (χ1) is 10.1. The Labute approximate surface area is 139 Å². The van der Waals surface area contributed by atoms with Gasteiger partial charge in [-0.15, -0.1) is 12.4 Å². The summed E-state index contributed by atoms with van der Waals surface area (Å²) < 4.78 is 5.21. The van der Waals surface area contributed by atoms with Crippen molar-refractivity contribution in [1.29, 1.82) is 0 Å². The Morgan fingerprint density at radius 1 is 1.32 bits per heavy atom. The monoisotopic (exact) mass is 326 g/mol. The molecule has 5 heteroatoms. The van der Waals surface area contributed by atoms with E-state index in [9.17, 15) is 4.79 Å². The lowest BCUT2D eigenvalue weighted by Crippen LogP contribution is -2.44. The molecule has 0 aliphatic heterocycles. The van der Waals surface area contributed by atoms with Crippen LogP contribution in [0, 0.1) is 0 Å². The lowest BCUT2D eigenvalue weighted by atomic mass is 9.87. The van der Waals surface area contributed by atoms with E-state index in [-0.39, 0.29) is 29.9 Å². The summed E-state index contributed by atoms with van der Waals surface area (Å²) in [6.07, 6.45) is 5.53. The van der Waals surface area contributed by atoms with Crippen LogP contribution in [-0.2, 0) is 10.3 Å². The predicted octanol–water partition coefficient (Wildman–Crippen LogP) is 3.13. The number of hydrogen-bond donors (Lipinski definition) is 2. The fourth-order valence-electron chi connectivity index (χ4n) is 3.06. The van der Waals surface area contributed by atoms with Crippen molar-refractivity contribution in [2.45, 2.75) is 57.0 Å². The van der Waals surface area contributed by atoms with Gasteiger partial charge in [-0.05, 0) is 43.9 Å². The number of halogens is 1. The zero-order chi connectivity index (χ0) is 15.3. The summed E-state index contributed by atoms with van der Waals surface area (Å²) in [5.41, 5.74) is 6.70. The highest BCUT2D eigenvalue weighted by atomic mass is 35.5. The van der Waals surface area contributed by atoms with Gasteiger partial charge in [-0.25, -0.2) is 0 Å². The molecule has 0 aromatic heterocycles. The molecule has 1 aliphatic carbocycles. The highest BCUT2D eigenvalue weighted by Crippen LogP contribution is 2.39. The first kappa shape index (κ1) is 18.8. The molecule has 0 bridgehead atoms. The topological polar surface area (TPSA) is 64.3 Å². The van der Waals surface area contributed by atoms with Gasteiger partial charge >= 0.3 is 0 Å². The quantitative estimate of drug-likeness (QED) is 0.844. The van der Waals surface area contributed by atoms with E-state index < -0.39 is 0 Å². The molecule has 3 N–H and O–H groups in total. The molecule has 1 amide bonds. The Bertz CT molecular complexity index is 468. The third-order valence-electron chi connectivity index (χ3n) is 4.31. The minimum Gasteiger partial charge on any atom is -0.497 e. The Morgan fingerprint density at radius 2 is 1.91 bits per heavy atom. The van der Waals surface area contributed by atoms with E-state index in [0.717, 1.165) is 37.9 Å². The van der Waals surface area contributed by atoms with Crippen molar-refractivity contribution in [3.8, 4) is 5.75 Å². The largest absolute Gasteiger partial charge is 0.497 e. The summed E-state index contributed by atoms with van der Waals surface area (Å²) in [5.74, 6) is 0.945. The SMILES string of the molecule is COc1ccc(C2(NC(=O)CCC(C)N)CCCC2)cc1.Cl. The van der Waals surface area contributed by atoms with E-state index in [1.165, 1.54) is 5.56 Å². The molecule has 1 atom stereocenters. The van der Waals surface area contributed by atoms with E-state index in [4.69, 9.17) is 10.5 Å². The predicted molar refractivity (Wildman–Crippen MR) is 91.4 cm³/mol. The number of nitrogens with two attached hydrogens (primary N) is 1. The van der Waals surface area contributed by atoms with Crippen LogP contribution in [0.4, 0.5) is 0 Å². The maximum Gasteiger partial charge on any atom is 0.220 e. The van der Waals surface area contributed by atoms with Crippen molar-refractivity contribution in [3.63, 3.8) is 0 Å². The molecule has 1 aromatic rings. The number of ether oxygens (including phenoxy) is 1. The summed E-state index contributed by atoms with van der Waals surface area (Å²) in [7, 11) is 1.66. The average molecular weight is 327 g/mol. The van der Waals surface area contributed by atoms with Crippen molar-refractivity contribution < 1.29 is 9.53 Å². The van der Waals surface area contributed by atoms with Gasteiger partial charge in [0.15, 0.2) is 0 Å². The minimum atomic E-state index is -0.207. The number of carbonyl (C=O) groups excluding carboxylic acids is 1. The van der Waals surface area contributed by atoms with E-state index in [1.54, 1.807) is 7.11 Å². The second-order valence-corrected chi connectivity index (χ2v) is 6.08. The van der Waals surface area contributed by atoms with Crippen LogP contribution in [0.25, 0.3) is 0 Å². The molecule has 1 unspecified atom stereocenters. The molecule has 2 rings (SSSR count). The Hall–Kier alpha value is -1.26. The summed E-state index contributed by atoms with van der Waals surface area (Å²) in [6, 6.07) is 8.12. The van der Waals surface area contributed by atoms with Crippen LogP contribution in [-0.4, -0.2) is 19.1 Å². The van der Waals surface area contributed by atoms with E-state index in [2.05, 4.69) is 17.4 Å². The van der Waals surface area contributed by atoms with Crippen LogP contribution in [0.5, 0.6) is 5.75 Å². The average Bonchev–Trinajstić information content (AvgIpc) is 2.95. The zero-order valence-electron chi connectivity index (χ0n) is 13.4. The fourth-order valence-corrected chi connectivity index (χ4v) is 3.06. The lowest BCUT2D eigenvalue weighted by molar-refractivity contribution is -0.123. The van der Waals surface area contributed by atoms with Gasteiger partial charge in [-0.3, -0.25) is 4.79 Å². The molecule has 1 aromatic carbocycles. The highest BCUT2D eigenvalue weighted by Gasteiger charge is 2.36. The van der Waals surface area contributed by atoms with Crippen LogP contribution in [0.1, 0.15) is 51.0 Å².